The van der Waals surface area contributed by atoms with Gasteiger partial charge in [-0.1, -0.05) is 39.1 Å². The number of amides is 2. The molecule has 0 bridgehead atoms. The summed E-state index contributed by atoms with van der Waals surface area (Å²) in [5, 5.41) is 0.748. The first-order valence-electron chi connectivity index (χ1n) is 7.71. The molecule has 25 heavy (non-hydrogen) atoms. The van der Waals surface area contributed by atoms with Crippen LogP contribution in [0.25, 0.3) is 0 Å². The Hall–Kier alpha value is -1.56. The van der Waals surface area contributed by atoms with Crippen LogP contribution in [-0.2, 0) is 4.79 Å². The summed E-state index contributed by atoms with van der Waals surface area (Å²) in [5.74, 6) is -0.384. The molecular formula is C18H15BrCl2N2O2. The molecule has 0 aliphatic carbocycles. The molecule has 0 radical (unpaired) electrons. The van der Waals surface area contributed by atoms with Crippen LogP contribution in [0.3, 0.4) is 0 Å². The maximum atomic E-state index is 12.8. The molecule has 1 saturated heterocycles. The van der Waals surface area contributed by atoms with Crippen LogP contribution >= 0.6 is 39.1 Å². The smallest absolute Gasteiger partial charge is 0.256 e. The molecule has 130 valence electrons. The van der Waals surface area contributed by atoms with Crippen molar-refractivity contribution >= 4 is 56.6 Å². The quantitative estimate of drug-likeness (QED) is 0.681. The third-order valence-corrected chi connectivity index (χ3v) is 5.29. The molecule has 1 heterocycles. The summed E-state index contributed by atoms with van der Waals surface area (Å²) in [7, 11) is 0. The van der Waals surface area contributed by atoms with Crippen molar-refractivity contribution in [2.24, 2.45) is 0 Å². The van der Waals surface area contributed by atoms with Crippen molar-refractivity contribution in [1.82, 2.24) is 4.90 Å². The molecule has 0 aromatic heterocycles. The topological polar surface area (TPSA) is 40.6 Å². The van der Waals surface area contributed by atoms with Gasteiger partial charge in [0.2, 0.25) is 5.91 Å². The van der Waals surface area contributed by atoms with Crippen LogP contribution < -0.4 is 4.90 Å². The van der Waals surface area contributed by atoms with Crippen molar-refractivity contribution in [1.29, 1.82) is 0 Å². The summed E-state index contributed by atoms with van der Waals surface area (Å²) in [6.07, 6.45) is 0. The van der Waals surface area contributed by atoms with Crippen molar-refractivity contribution < 1.29 is 9.59 Å². The molecule has 2 amide bonds. The molecule has 3 rings (SSSR count). The number of piperazine rings is 1. The van der Waals surface area contributed by atoms with Crippen LogP contribution in [0.2, 0.25) is 10.0 Å². The normalized spacial score (nSPS) is 17.8. The van der Waals surface area contributed by atoms with E-state index in [0.717, 1.165) is 10.2 Å². The van der Waals surface area contributed by atoms with Crippen LogP contribution in [0.15, 0.2) is 46.9 Å². The van der Waals surface area contributed by atoms with E-state index in [1.54, 1.807) is 28.9 Å². The number of hydrogen-bond donors (Lipinski definition) is 0. The number of benzene rings is 2. The minimum atomic E-state index is -0.573. The Morgan fingerprint density at radius 2 is 1.80 bits per heavy atom. The van der Waals surface area contributed by atoms with Gasteiger partial charge in [-0.15, -0.1) is 0 Å². The average molecular weight is 442 g/mol. The monoisotopic (exact) mass is 440 g/mol. The lowest BCUT2D eigenvalue weighted by atomic mass is 10.1. The van der Waals surface area contributed by atoms with Gasteiger partial charge in [-0.25, -0.2) is 0 Å². The van der Waals surface area contributed by atoms with Gasteiger partial charge in [0, 0.05) is 28.3 Å². The van der Waals surface area contributed by atoms with E-state index in [2.05, 4.69) is 15.9 Å². The molecule has 2 aromatic rings. The van der Waals surface area contributed by atoms with E-state index < -0.39 is 6.04 Å². The number of hydrogen-bond acceptors (Lipinski definition) is 2. The fraction of sp³-hybridized carbons (Fsp3) is 0.222. The molecule has 2 aromatic carbocycles. The SMILES string of the molecule is CC1C(=O)N(c2ccc(Br)cc2)CCN1C(=O)c1ccc(Cl)cc1Cl. The zero-order valence-corrected chi connectivity index (χ0v) is 16.5. The Balaban J connectivity index is 1.81. The van der Waals surface area contributed by atoms with E-state index >= 15 is 0 Å². The number of nitrogens with zero attached hydrogens (tertiary/aromatic N) is 2. The number of carbonyl (C=O) groups excluding carboxylic acids is 2. The second-order valence-corrected chi connectivity index (χ2v) is 7.52. The van der Waals surface area contributed by atoms with Crippen molar-refractivity contribution in [3.63, 3.8) is 0 Å². The minimum Gasteiger partial charge on any atom is -0.325 e. The van der Waals surface area contributed by atoms with Crippen molar-refractivity contribution in [2.75, 3.05) is 18.0 Å². The second kappa shape index (κ2) is 7.36. The van der Waals surface area contributed by atoms with Crippen LogP contribution in [0, 0.1) is 0 Å². The lowest BCUT2D eigenvalue weighted by Crippen LogP contribution is -2.57. The summed E-state index contributed by atoms with van der Waals surface area (Å²) in [4.78, 5) is 28.8. The molecule has 7 heteroatoms. The maximum Gasteiger partial charge on any atom is 0.256 e. The number of carbonyl (C=O) groups is 2. The van der Waals surface area contributed by atoms with E-state index in [1.807, 2.05) is 24.3 Å². The lowest BCUT2D eigenvalue weighted by molar-refractivity contribution is -0.124. The molecule has 1 fully saturated rings. The predicted molar refractivity (Wildman–Crippen MR) is 103 cm³/mol. The van der Waals surface area contributed by atoms with Crippen molar-refractivity contribution in [2.45, 2.75) is 13.0 Å². The van der Waals surface area contributed by atoms with Gasteiger partial charge in [0.05, 0.1) is 10.6 Å². The summed E-state index contributed by atoms with van der Waals surface area (Å²) in [6, 6.07) is 11.7. The van der Waals surface area contributed by atoms with E-state index in [4.69, 9.17) is 23.2 Å². The van der Waals surface area contributed by atoms with Gasteiger partial charge in [-0.3, -0.25) is 9.59 Å². The Labute approximate surface area is 164 Å². The fourth-order valence-corrected chi connectivity index (χ4v) is 3.60. The largest absolute Gasteiger partial charge is 0.325 e. The van der Waals surface area contributed by atoms with Gasteiger partial charge in [-0.2, -0.15) is 0 Å². The fourth-order valence-electron chi connectivity index (χ4n) is 2.84. The summed E-state index contributed by atoms with van der Waals surface area (Å²) < 4.78 is 0.947. The highest BCUT2D eigenvalue weighted by Crippen LogP contribution is 2.26. The van der Waals surface area contributed by atoms with Crippen molar-refractivity contribution in [3.8, 4) is 0 Å². The average Bonchev–Trinajstić information content (AvgIpc) is 2.58. The third kappa shape index (κ3) is 3.68. The summed E-state index contributed by atoms with van der Waals surface area (Å²) >= 11 is 15.4. The highest BCUT2D eigenvalue weighted by atomic mass is 79.9. The number of rotatable bonds is 2. The maximum absolute atomic E-state index is 12.8. The Morgan fingerprint density at radius 3 is 2.44 bits per heavy atom. The van der Waals surface area contributed by atoms with E-state index in [0.29, 0.717) is 23.7 Å². The van der Waals surface area contributed by atoms with E-state index in [-0.39, 0.29) is 16.8 Å². The van der Waals surface area contributed by atoms with Crippen molar-refractivity contribution in [3.05, 3.63) is 62.5 Å². The highest BCUT2D eigenvalue weighted by Gasteiger charge is 2.35. The third-order valence-electron chi connectivity index (χ3n) is 4.22. The molecule has 4 nitrogen and oxygen atoms in total. The first-order chi connectivity index (χ1) is 11.9. The molecule has 0 N–H and O–H groups in total. The second-order valence-electron chi connectivity index (χ2n) is 5.76. The Bertz CT molecular complexity index is 826. The van der Waals surface area contributed by atoms with Gasteiger partial charge >= 0.3 is 0 Å². The first-order valence-corrected chi connectivity index (χ1v) is 9.26. The van der Waals surface area contributed by atoms with E-state index in [9.17, 15) is 9.59 Å². The van der Waals surface area contributed by atoms with Gasteiger partial charge in [0.15, 0.2) is 0 Å². The first kappa shape index (κ1) is 18.2. The minimum absolute atomic E-state index is 0.119. The van der Waals surface area contributed by atoms with E-state index in [1.165, 1.54) is 6.07 Å². The molecule has 0 saturated carbocycles. The van der Waals surface area contributed by atoms with Gasteiger partial charge in [-0.05, 0) is 49.4 Å². The molecule has 1 aliphatic rings. The van der Waals surface area contributed by atoms with Gasteiger partial charge in [0.1, 0.15) is 6.04 Å². The number of anilines is 1. The van der Waals surface area contributed by atoms with Crippen LogP contribution in [0.4, 0.5) is 5.69 Å². The standard InChI is InChI=1S/C18H15BrCl2N2O2/c1-11-17(24)23(14-5-2-12(19)3-6-14)9-8-22(11)18(25)15-7-4-13(20)10-16(15)21/h2-7,10-11H,8-9H2,1H3. The molecule has 1 aliphatic heterocycles. The number of halogens is 3. The molecule has 1 atom stereocenters. The van der Waals surface area contributed by atoms with Crippen LogP contribution in [0.5, 0.6) is 0 Å². The Kier molecular flexibility index (Phi) is 5.37. The van der Waals surface area contributed by atoms with Crippen LogP contribution in [0.1, 0.15) is 17.3 Å². The van der Waals surface area contributed by atoms with Gasteiger partial charge in [0.25, 0.3) is 5.91 Å². The Morgan fingerprint density at radius 1 is 1.12 bits per heavy atom. The van der Waals surface area contributed by atoms with Crippen LogP contribution in [-0.4, -0.2) is 35.8 Å². The lowest BCUT2D eigenvalue weighted by Gasteiger charge is -2.39. The zero-order chi connectivity index (χ0) is 18.1. The molecule has 1 unspecified atom stereocenters. The summed E-state index contributed by atoms with van der Waals surface area (Å²) in [5.41, 5.74) is 1.17. The van der Waals surface area contributed by atoms with Gasteiger partial charge < -0.3 is 9.80 Å². The molecular weight excluding hydrogens is 427 g/mol. The highest BCUT2D eigenvalue weighted by molar-refractivity contribution is 9.10. The predicted octanol–water partition coefficient (Wildman–Crippen LogP) is 4.63. The summed E-state index contributed by atoms with van der Waals surface area (Å²) in [6.45, 7) is 2.59. The zero-order valence-electron chi connectivity index (χ0n) is 13.4. The molecule has 0 spiro atoms.